The molecule has 0 unspecified atom stereocenters. The second-order valence-corrected chi connectivity index (χ2v) is 3.62. The minimum atomic E-state index is -1.17. The van der Waals surface area contributed by atoms with Crippen molar-refractivity contribution in [1.29, 1.82) is 0 Å². The van der Waals surface area contributed by atoms with Crippen molar-refractivity contribution in [2.24, 2.45) is 0 Å². The Morgan fingerprint density at radius 2 is 2.28 bits per heavy atom. The van der Waals surface area contributed by atoms with Crippen molar-refractivity contribution in [3.63, 3.8) is 0 Å². The second-order valence-electron chi connectivity index (χ2n) is 3.18. The molecule has 0 amide bonds. The largest absolute Gasteiger partial charge is 0.479 e. The predicted molar refractivity (Wildman–Crippen MR) is 58.6 cm³/mol. The fourth-order valence-electron chi connectivity index (χ4n) is 1.19. The number of hydrogen-bond donors (Lipinski definition) is 2. The molecule has 0 aromatic carbocycles. The first kappa shape index (κ1) is 12.1. The monoisotopic (exact) mass is 270 g/mol. The average molecular weight is 271 g/mol. The molecule has 0 aliphatic rings. The van der Waals surface area contributed by atoms with Crippen molar-refractivity contribution in [3.8, 4) is 17.4 Å². The molecule has 2 aromatic heterocycles. The maximum absolute atomic E-state index is 10.3. The first-order valence-electron chi connectivity index (χ1n) is 4.68. The van der Waals surface area contributed by atoms with E-state index in [0.717, 1.165) is 0 Å². The van der Waals surface area contributed by atoms with Crippen molar-refractivity contribution in [1.82, 2.24) is 19.9 Å². The molecule has 0 spiro atoms. The van der Waals surface area contributed by atoms with Crippen LogP contribution in [-0.4, -0.2) is 42.8 Å². The maximum Gasteiger partial charge on any atom is 0.341 e. The van der Waals surface area contributed by atoms with Crippen LogP contribution in [0.25, 0.3) is 11.4 Å². The van der Waals surface area contributed by atoms with Crippen LogP contribution >= 0.6 is 11.6 Å². The van der Waals surface area contributed by atoms with Gasteiger partial charge in [-0.05, 0) is 6.07 Å². The van der Waals surface area contributed by atoms with Gasteiger partial charge < -0.3 is 15.1 Å². The lowest BCUT2D eigenvalue weighted by Gasteiger charge is -1.97. The first-order chi connectivity index (χ1) is 8.56. The van der Waals surface area contributed by atoms with Crippen LogP contribution in [0.5, 0.6) is 6.01 Å². The van der Waals surface area contributed by atoms with Gasteiger partial charge in [-0.2, -0.15) is 4.98 Å². The third-order valence-electron chi connectivity index (χ3n) is 1.86. The van der Waals surface area contributed by atoms with Crippen LogP contribution in [0.15, 0.2) is 18.5 Å². The number of carbonyl (C=O) groups is 1. The number of halogens is 1. The molecule has 0 saturated carbocycles. The van der Waals surface area contributed by atoms with Gasteiger partial charge in [0.1, 0.15) is 0 Å². The molecule has 2 N–H and O–H groups in total. The van der Waals surface area contributed by atoms with Gasteiger partial charge in [-0.1, -0.05) is 21.5 Å². The fourth-order valence-corrected chi connectivity index (χ4v) is 1.36. The molecule has 8 nitrogen and oxygen atoms in total. The van der Waals surface area contributed by atoms with Crippen LogP contribution in [0.1, 0.15) is 0 Å². The molecule has 0 aliphatic heterocycles. The second kappa shape index (κ2) is 4.88. The minimum Gasteiger partial charge on any atom is -0.479 e. The van der Waals surface area contributed by atoms with Crippen molar-refractivity contribution < 1.29 is 19.8 Å². The standard InChI is InChI=1S/C9H7ClN4O4/c10-6-1-5(2-11-3-6)8-12-9(13-14(8)17)18-4-7(15)16/h1-3,17H,4H2,(H,15,16). The van der Waals surface area contributed by atoms with Crippen LogP contribution in [0.4, 0.5) is 0 Å². The van der Waals surface area contributed by atoms with Crippen LogP contribution in [0.2, 0.25) is 5.02 Å². The quantitative estimate of drug-likeness (QED) is 0.787. The Balaban J connectivity index is 2.26. The van der Waals surface area contributed by atoms with Gasteiger partial charge in [0.15, 0.2) is 6.61 Å². The highest BCUT2D eigenvalue weighted by atomic mass is 35.5. The summed E-state index contributed by atoms with van der Waals surface area (Å²) in [6.07, 6.45) is 2.84. The van der Waals surface area contributed by atoms with Crippen LogP contribution < -0.4 is 4.74 Å². The van der Waals surface area contributed by atoms with E-state index in [2.05, 4.69) is 15.1 Å². The van der Waals surface area contributed by atoms with E-state index in [9.17, 15) is 10.0 Å². The van der Waals surface area contributed by atoms with E-state index in [4.69, 9.17) is 21.4 Å². The third kappa shape index (κ3) is 2.66. The van der Waals surface area contributed by atoms with E-state index in [-0.39, 0.29) is 11.8 Å². The van der Waals surface area contributed by atoms with Gasteiger partial charge in [-0.15, -0.1) is 0 Å². The Bertz CT molecular complexity index is 586. The summed E-state index contributed by atoms with van der Waals surface area (Å²) in [5, 5.41) is 21.8. The van der Waals surface area contributed by atoms with Crippen molar-refractivity contribution in [2.75, 3.05) is 6.61 Å². The smallest absolute Gasteiger partial charge is 0.341 e. The summed E-state index contributed by atoms with van der Waals surface area (Å²) in [5.74, 6) is -1.12. The summed E-state index contributed by atoms with van der Waals surface area (Å²) >= 11 is 5.75. The molecular weight excluding hydrogens is 264 g/mol. The lowest BCUT2D eigenvalue weighted by Crippen LogP contribution is -2.10. The number of carboxylic acid groups (broad SMARTS) is 1. The van der Waals surface area contributed by atoms with Crippen molar-refractivity contribution in [2.45, 2.75) is 0 Å². The van der Waals surface area contributed by atoms with Crippen LogP contribution in [-0.2, 0) is 4.79 Å². The topological polar surface area (TPSA) is 110 Å². The van der Waals surface area contributed by atoms with E-state index in [0.29, 0.717) is 15.4 Å². The highest BCUT2D eigenvalue weighted by Crippen LogP contribution is 2.20. The number of aromatic nitrogens is 4. The molecular formula is C9H7ClN4O4. The third-order valence-corrected chi connectivity index (χ3v) is 2.07. The lowest BCUT2D eigenvalue weighted by molar-refractivity contribution is -0.139. The molecule has 2 aromatic rings. The molecule has 94 valence electrons. The van der Waals surface area contributed by atoms with Crippen LogP contribution in [0, 0.1) is 0 Å². The number of pyridine rings is 1. The number of rotatable bonds is 4. The predicted octanol–water partition coefficient (Wildman–Crippen LogP) is 0.694. The van der Waals surface area contributed by atoms with E-state index in [1.54, 1.807) is 0 Å². The van der Waals surface area contributed by atoms with Gasteiger partial charge in [-0.25, -0.2) is 4.79 Å². The number of ether oxygens (including phenoxy) is 1. The SMILES string of the molecule is O=C(O)COc1nc(-c2cncc(Cl)c2)n(O)n1. The summed E-state index contributed by atoms with van der Waals surface area (Å²) in [6.45, 7) is -0.600. The Hall–Kier alpha value is -2.35. The summed E-state index contributed by atoms with van der Waals surface area (Å²) < 4.78 is 4.72. The van der Waals surface area contributed by atoms with E-state index in [1.165, 1.54) is 18.5 Å². The zero-order valence-electron chi connectivity index (χ0n) is 8.82. The minimum absolute atomic E-state index is 0.0467. The normalized spacial score (nSPS) is 10.3. The summed E-state index contributed by atoms with van der Waals surface area (Å²) in [7, 11) is 0. The fraction of sp³-hybridized carbons (Fsp3) is 0.111. The molecule has 18 heavy (non-hydrogen) atoms. The van der Waals surface area contributed by atoms with Crippen molar-refractivity contribution in [3.05, 3.63) is 23.5 Å². The van der Waals surface area contributed by atoms with E-state index in [1.807, 2.05) is 0 Å². The van der Waals surface area contributed by atoms with Gasteiger partial charge in [-0.3, -0.25) is 4.98 Å². The lowest BCUT2D eigenvalue weighted by atomic mass is 10.3. The molecule has 0 aliphatic carbocycles. The van der Waals surface area contributed by atoms with Gasteiger partial charge in [0.2, 0.25) is 5.82 Å². The maximum atomic E-state index is 10.3. The van der Waals surface area contributed by atoms with Gasteiger partial charge in [0, 0.05) is 18.0 Å². The molecule has 0 radical (unpaired) electrons. The Kier molecular flexibility index (Phi) is 3.28. The highest BCUT2D eigenvalue weighted by molar-refractivity contribution is 6.30. The molecule has 0 atom stereocenters. The van der Waals surface area contributed by atoms with E-state index < -0.39 is 12.6 Å². The molecule has 0 saturated heterocycles. The number of carboxylic acids is 1. The zero-order chi connectivity index (χ0) is 13.1. The Morgan fingerprint density at radius 1 is 1.50 bits per heavy atom. The number of aliphatic carboxylic acids is 1. The molecule has 0 fully saturated rings. The summed E-state index contributed by atoms with van der Waals surface area (Å²) in [6, 6.07) is 1.27. The van der Waals surface area contributed by atoms with E-state index >= 15 is 0 Å². The van der Waals surface area contributed by atoms with Crippen LogP contribution in [0.3, 0.4) is 0 Å². The summed E-state index contributed by atoms with van der Waals surface area (Å²) in [4.78, 5) is 18.4. The Labute approximate surface area is 105 Å². The Morgan fingerprint density at radius 3 is 2.94 bits per heavy atom. The summed E-state index contributed by atoms with van der Waals surface area (Å²) in [5.41, 5.74) is 0.419. The van der Waals surface area contributed by atoms with Gasteiger partial charge in [0.25, 0.3) is 0 Å². The van der Waals surface area contributed by atoms with Crippen molar-refractivity contribution >= 4 is 17.6 Å². The molecule has 9 heteroatoms. The molecule has 2 heterocycles. The number of nitrogens with zero attached hydrogens (tertiary/aromatic N) is 4. The molecule has 2 rings (SSSR count). The average Bonchev–Trinajstić information content (AvgIpc) is 2.68. The molecule has 0 bridgehead atoms. The highest BCUT2D eigenvalue weighted by Gasteiger charge is 2.14. The van der Waals surface area contributed by atoms with Gasteiger partial charge in [0.05, 0.1) is 5.02 Å². The first-order valence-corrected chi connectivity index (χ1v) is 5.06. The van der Waals surface area contributed by atoms with Gasteiger partial charge >= 0.3 is 12.0 Å². The zero-order valence-corrected chi connectivity index (χ0v) is 9.57. The number of hydrogen-bond acceptors (Lipinski definition) is 6.